The first-order chi connectivity index (χ1) is 14.7. The summed E-state index contributed by atoms with van der Waals surface area (Å²) in [7, 11) is 2.11. The number of pyridine rings is 1. The molecule has 1 aromatic heterocycles. The Labute approximate surface area is 177 Å². The zero-order valence-electron chi connectivity index (χ0n) is 17.4. The van der Waals surface area contributed by atoms with Crippen LogP contribution >= 0.6 is 0 Å². The molecule has 1 aliphatic carbocycles. The van der Waals surface area contributed by atoms with Crippen molar-refractivity contribution in [2.24, 2.45) is 5.92 Å². The molecule has 5 nitrogen and oxygen atoms in total. The lowest BCUT2D eigenvalue weighted by Crippen LogP contribution is -2.35. The molecular weight excluding hydrogens is 372 g/mol. The van der Waals surface area contributed by atoms with E-state index >= 15 is 0 Å². The maximum atomic E-state index is 12.8. The van der Waals surface area contributed by atoms with Crippen molar-refractivity contribution in [2.45, 2.75) is 31.7 Å². The first-order valence-electron chi connectivity index (χ1n) is 10.9. The summed E-state index contributed by atoms with van der Waals surface area (Å²) < 4.78 is 0. The van der Waals surface area contributed by atoms with Crippen LogP contribution in [0.4, 0.5) is 11.5 Å². The van der Waals surface area contributed by atoms with Gasteiger partial charge in [-0.2, -0.15) is 0 Å². The molecule has 1 amide bonds. The van der Waals surface area contributed by atoms with Crippen LogP contribution in [-0.4, -0.2) is 35.9 Å². The Morgan fingerprint density at radius 3 is 2.70 bits per heavy atom. The van der Waals surface area contributed by atoms with Crippen molar-refractivity contribution < 1.29 is 4.79 Å². The fraction of sp³-hybridized carbons (Fsp3) is 0.360. The lowest BCUT2D eigenvalue weighted by molar-refractivity contribution is -0.121. The molecule has 0 bridgehead atoms. The summed E-state index contributed by atoms with van der Waals surface area (Å²) in [6, 6.07) is 19.0. The highest BCUT2D eigenvalue weighted by atomic mass is 16.1. The molecule has 1 saturated heterocycles. The molecule has 2 aromatic carbocycles. The van der Waals surface area contributed by atoms with E-state index in [1.807, 2.05) is 24.3 Å². The number of hydrogen-bond donors (Lipinski definition) is 2. The van der Waals surface area contributed by atoms with Gasteiger partial charge in [-0.15, -0.1) is 0 Å². The molecule has 2 N–H and O–H groups in total. The first kappa shape index (κ1) is 19.1. The number of rotatable bonds is 4. The van der Waals surface area contributed by atoms with Gasteiger partial charge in [0.05, 0.1) is 17.2 Å². The van der Waals surface area contributed by atoms with Crippen molar-refractivity contribution in [3.05, 3.63) is 65.7 Å². The van der Waals surface area contributed by atoms with E-state index in [1.54, 1.807) is 0 Å². The minimum Gasteiger partial charge on any atom is -0.363 e. The van der Waals surface area contributed by atoms with Crippen LogP contribution in [0, 0.1) is 5.92 Å². The summed E-state index contributed by atoms with van der Waals surface area (Å²) in [5.41, 5.74) is 4.54. The smallest absolute Gasteiger partial charge is 0.227 e. The van der Waals surface area contributed by atoms with Crippen molar-refractivity contribution in [2.75, 3.05) is 30.8 Å². The second-order valence-corrected chi connectivity index (χ2v) is 8.57. The summed E-state index contributed by atoms with van der Waals surface area (Å²) in [5.74, 6) is 1.09. The fourth-order valence-corrected chi connectivity index (χ4v) is 4.74. The first-order valence-corrected chi connectivity index (χ1v) is 10.9. The maximum Gasteiger partial charge on any atom is 0.227 e. The van der Waals surface area contributed by atoms with Crippen molar-refractivity contribution in [1.29, 1.82) is 0 Å². The van der Waals surface area contributed by atoms with Gasteiger partial charge in [-0.1, -0.05) is 30.3 Å². The fourth-order valence-electron chi connectivity index (χ4n) is 4.74. The van der Waals surface area contributed by atoms with E-state index in [4.69, 9.17) is 4.98 Å². The van der Waals surface area contributed by atoms with Crippen molar-refractivity contribution in [3.63, 3.8) is 0 Å². The van der Waals surface area contributed by atoms with Gasteiger partial charge in [0.1, 0.15) is 5.82 Å². The third-order valence-corrected chi connectivity index (χ3v) is 6.53. The number of nitrogens with zero attached hydrogens (tertiary/aromatic N) is 2. The van der Waals surface area contributed by atoms with Crippen molar-refractivity contribution >= 4 is 28.3 Å². The van der Waals surface area contributed by atoms with Crippen LogP contribution in [0.2, 0.25) is 0 Å². The summed E-state index contributed by atoms with van der Waals surface area (Å²) >= 11 is 0. The molecule has 0 spiro atoms. The van der Waals surface area contributed by atoms with Gasteiger partial charge < -0.3 is 15.5 Å². The van der Waals surface area contributed by atoms with Crippen LogP contribution in [0.25, 0.3) is 10.9 Å². The number of carbonyl (C=O) groups excluding carboxylic acids is 1. The van der Waals surface area contributed by atoms with E-state index in [2.05, 4.69) is 52.9 Å². The minimum atomic E-state index is 0.0905. The van der Waals surface area contributed by atoms with E-state index in [-0.39, 0.29) is 11.8 Å². The molecule has 5 heteroatoms. The number of amides is 1. The Morgan fingerprint density at radius 1 is 1.00 bits per heavy atom. The van der Waals surface area contributed by atoms with Gasteiger partial charge in [0.2, 0.25) is 5.91 Å². The highest BCUT2D eigenvalue weighted by molar-refractivity contribution is 6.02. The van der Waals surface area contributed by atoms with Crippen LogP contribution in [0.3, 0.4) is 0 Å². The molecule has 1 aliphatic heterocycles. The van der Waals surface area contributed by atoms with Crippen LogP contribution in [0.1, 0.15) is 36.4 Å². The average molecular weight is 401 g/mol. The van der Waals surface area contributed by atoms with Gasteiger partial charge in [-0.05, 0) is 81.2 Å². The minimum absolute atomic E-state index is 0.0905. The molecule has 1 atom stereocenters. The summed E-state index contributed by atoms with van der Waals surface area (Å²) in [5, 5.41) is 7.74. The topological polar surface area (TPSA) is 57.3 Å². The highest BCUT2D eigenvalue weighted by Crippen LogP contribution is 2.34. The van der Waals surface area contributed by atoms with Gasteiger partial charge in [0, 0.05) is 11.3 Å². The summed E-state index contributed by atoms with van der Waals surface area (Å²) in [6.07, 6.45) is 4.03. The van der Waals surface area contributed by atoms with E-state index in [0.717, 1.165) is 61.2 Å². The number of fused-ring (bicyclic) bond motifs is 2. The molecule has 5 rings (SSSR count). The van der Waals surface area contributed by atoms with Crippen LogP contribution < -0.4 is 10.6 Å². The molecule has 0 saturated carbocycles. The molecule has 3 aromatic rings. The molecule has 0 unspecified atom stereocenters. The van der Waals surface area contributed by atoms with Gasteiger partial charge in [-0.25, -0.2) is 4.98 Å². The van der Waals surface area contributed by atoms with Crippen LogP contribution in [0.5, 0.6) is 0 Å². The number of hydrogen-bond acceptors (Lipinski definition) is 4. The molecule has 2 aliphatic rings. The molecular formula is C25H28N4O. The lowest BCUT2D eigenvalue weighted by Gasteiger charge is -2.28. The third kappa shape index (κ3) is 3.77. The predicted octanol–water partition coefficient (Wildman–Crippen LogP) is 4.61. The third-order valence-electron chi connectivity index (χ3n) is 6.53. The van der Waals surface area contributed by atoms with Crippen LogP contribution in [0.15, 0.2) is 54.6 Å². The second-order valence-electron chi connectivity index (χ2n) is 8.57. The largest absolute Gasteiger partial charge is 0.363 e. The van der Waals surface area contributed by atoms with Gasteiger partial charge in [0.15, 0.2) is 0 Å². The Kier molecular flexibility index (Phi) is 5.13. The van der Waals surface area contributed by atoms with Crippen molar-refractivity contribution in [3.8, 4) is 0 Å². The van der Waals surface area contributed by atoms with Crippen LogP contribution in [-0.2, 0) is 11.2 Å². The highest BCUT2D eigenvalue weighted by Gasteiger charge is 2.24. The van der Waals surface area contributed by atoms with Gasteiger partial charge in [0.25, 0.3) is 0 Å². The van der Waals surface area contributed by atoms with E-state index in [0.29, 0.717) is 6.04 Å². The quantitative estimate of drug-likeness (QED) is 0.671. The Hall–Kier alpha value is -2.92. The summed E-state index contributed by atoms with van der Waals surface area (Å²) in [4.78, 5) is 19.9. The number of aryl methyl sites for hydroxylation is 1. The molecule has 30 heavy (non-hydrogen) atoms. The molecule has 154 valence electrons. The lowest BCUT2D eigenvalue weighted by atomic mass is 9.96. The standard InChI is InChI=1S/C25H28N4O/c1-29-15-13-18(14-16-29)25(30)28-22-8-4-7-21-20(22)10-12-24(26-21)27-23-11-9-17-5-2-3-6-19(17)23/h2-8,10,12,18,23H,9,11,13-16H2,1H3,(H,26,27)(H,28,30)/t23-/m1/s1. The number of benzene rings is 2. The number of aromatic nitrogens is 1. The Morgan fingerprint density at radius 2 is 1.83 bits per heavy atom. The second kappa shape index (κ2) is 8.07. The average Bonchev–Trinajstić information content (AvgIpc) is 3.17. The molecule has 0 radical (unpaired) electrons. The van der Waals surface area contributed by atoms with E-state index in [1.165, 1.54) is 11.1 Å². The number of nitrogens with one attached hydrogen (secondary N) is 2. The Bertz CT molecular complexity index is 1070. The number of anilines is 2. The zero-order chi connectivity index (χ0) is 20.5. The Balaban J connectivity index is 1.33. The number of likely N-dealkylation sites (tertiary alicyclic amines) is 1. The van der Waals surface area contributed by atoms with E-state index < -0.39 is 0 Å². The zero-order valence-corrected chi connectivity index (χ0v) is 17.4. The van der Waals surface area contributed by atoms with E-state index in [9.17, 15) is 4.79 Å². The van der Waals surface area contributed by atoms with Gasteiger partial charge >= 0.3 is 0 Å². The molecule has 1 fully saturated rings. The predicted molar refractivity (Wildman–Crippen MR) is 122 cm³/mol. The number of piperidine rings is 1. The van der Waals surface area contributed by atoms with Crippen molar-refractivity contribution in [1.82, 2.24) is 9.88 Å². The van der Waals surface area contributed by atoms with Gasteiger partial charge in [-0.3, -0.25) is 4.79 Å². The SMILES string of the molecule is CN1CCC(C(=O)Nc2cccc3nc(N[C@@H]4CCc5ccccc54)ccc23)CC1. The summed E-state index contributed by atoms with van der Waals surface area (Å²) in [6.45, 7) is 1.96. The molecule has 2 heterocycles. The monoisotopic (exact) mass is 400 g/mol. The normalized spacial score (nSPS) is 19.6. The number of carbonyl (C=O) groups is 1. The maximum absolute atomic E-state index is 12.8.